The minimum absolute atomic E-state index is 0.108. The monoisotopic (exact) mass is 284 g/mol. The number of hydrogen-bond acceptors (Lipinski definition) is 3. The van der Waals surface area contributed by atoms with Gasteiger partial charge in [0.1, 0.15) is 0 Å². The minimum Gasteiger partial charge on any atom is -0.469 e. The van der Waals surface area contributed by atoms with Crippen molar-refractivity contribution in [3.8, 4) is 0 Å². The standard InChI is InChI=1S/C17H32O3/c1-3-4-5-10-13-16(18)14-11-8-6-7-9-12-15-17(19)20-2/h10,13,16,18H,3-9,11-12,14-15H2,1-2H3/b13-10+. The first kappa shape index (κ1) is 19.2. The minimum atomic E-state index is -0.272. The number of carbonyl (C=O) groups excluding carboxylic acids is 1. The number of allylic oxidation sites excluding steroid dienone is 1. The molecule has 0 aliphatic heterocycles. The fraction of sp³-hybridized carbons (Fsp3) is 0.824. The van der Waals surface area contributed by atoms with Crippen LogP contribution in [0.1, 0.15) is 77.6 Å². The molecule has 0 aromatic rings. The van der Waals surface area contributed by atoms with E-state index in [1.807, 2.05) is 6.08 Å². The summed E-state index contributed by atoms with van der Waals surface area (Å²) in [6, 6.07) is 0. The van der Waals surface area contributed by atoms with Crippen molar-refractivity contribution < 1.29 is 14.6 Å². The Morgan fingerprint density at radius 2 is 1.75 bits per heavy atom. The quantitative estimate of drug-likeness (QED) is 0.310. The van der Waals surface area contributed by atoms with Crippen molar-refractivity contribution in [3.63, 3.8) is 0 Å². The van der Waals surface area contributed by atoms with Crippen molar-refractivity contribution in [2.45, 2.75) is 83.7 Å². The van der Waals surface area contributed by atoms with Gasteiger partial charge in [-0.15, -0.1) is 0 Å². The average molecular weight is 284 g/mol. The molecule has 0 aliphatic carbocycles. The normalized spacial score (nSPS) is 12.8. The molecule has 20 heavy (non-hydrogen) atoms. The van der Waals surface area contributed by atoms with Gasteiger partial charge >= 0.3 is 5.97 Å². The average Bonchev–Trinajstić information content (AvgIpc) is 2.46. The number of unbranched alkanes of at least 4 members (excludes halogenated alkanes) is 7. The molecule has 3 heteroatoms. The van der Waals surface area contributed by atoms with Gasteiger partial charge in [0, 0.05) is 6.42 Å². The zero-order chi connectivity index (χ0) is 15.1. The van der Waals surface area contributed by atoms with E-state index >= 15 is 0 Å². The molecule has 0 saturated carbocycles. The molecule has 0 fully saturated rings. The van der Waals surface area contributed by atoms with Crippen LogP contribution >= 0.6 is 0 Å². The van der Waals surface area contributed by atoms with Crippen LogP contribution in [0.15, 0.2) is 12.2 Å². The molecule has 1 N–H and O–H groups in total. The molecule has 1 unspecified atom stereocenters. The van der Waals surface area contributed by atoms with Crippen LogP contribution in [0, 0.1) is 0 Å². The summed E-state index contributed by atoms with van der Waals surface area (Å²) in [6.45, 7) is 2.18. The molecule has 0 aliphatic rings. The third kappa shape index (κ3) is 13.6. The molecular formula is C17H32O3. The highest BCUT2D eigenvalue weighted by Gasteiger charge is 2.00. The Labute approximate surface area is 124 Å². The Kier molecular flexibility index (Phi) is 14.0. The molecule has 0 bridgehead atoms. The molecule has 0 aromatic carbocycles. The number of esters is 1. The van der Waals surface area contributed by atoms with Crippen LogP contribution in [0.3, 0.4) is 0 Å². The number of ether oxygens (including phenoxy) is 1. The molecule has 0 amide bonds. The number of rotatable bonds is 13. The van der Waals surface area contributed by atoms with Gasteiger partial charge in [0.25, 0.3) is 0 Å². The number of aliphatic hydroxyl groups is 1. The SMILES string of the molecule is CCCC/C=C/C(O)CCCCCCCCC(=O)OC. The second-order valence-corrected chi connectivity index (χ2v) is 5.37. The molecule has 118 valence electrons. The van der Waals surface area contributed by atoms with Crippen LogP contribution in [0.25, 0.3) is 0 Å². The largest absolute Gasteiger partial charge is 0.469 e. The number of methoxy groups -OCH3 is 1. The van der Waals surface area contributed by atoms with E-state index in [0.29, 0.717) is 6.42 Å². The highest BCUT2D eigenvalue weighted by molar-refractivity contribution is 5.68. The summed E-state index contributed by atoms with van der Waals surface area (Å²) >= 11 is 0. The molecule has 0 saturated heterocycles. The Hall–Kier alpha value is -0.830. The zero-order valence-electron chi connectivity index (χ0n) is 13.3. The maximum absolute atomic E-state index is 10.9. The highest BCUT2D eigenvalue weighted by Crippen LogP contribution is 2.11. The lowest BCUT2D eigenvalue weighted by Crippen LogP contribution is -2.01. The fourth-order valence-electron chi connectivity index (χ4n) is 2.10. The molecular weight excluding hydrogens is 252 g/mol. The Bertz CT molecular complexity index is 249. The van der Waals surface area contributed by atoms with Crippen molar-refractivity contribution in [3.05, 3.63) is 12.2 Å². The summed E-state index contributed by atoms with van der Waals surface area (Å²) in [5.41, 5.74) is 0. The first-order valence-corrected chi connectivity index (χ1v) is 8.12. The van der Waals surface area contributed by atoms with Gasteiger partial charge in [-0.1, -0.05) is 64.0 Å². The molecule has 0 aromatic heterocycles. The lowest BCUT2D eigenvalue weighted by atomic mass is 10.1. The molecule has 0 rings (SSSR count). The van der Waals surface area contributed by atoms with E-state index in [0.717, 1.165) is 38.5 Å². The van der Waals surface area contributed by atoms with E-state index < -0.39 is 0 Å². The number of aliphatic hydroxyl groups excluding tert-OH is 1. The predicted octanol–water partition coefficient (Wildman–Crippen LogP) is 4.39. The predicted molar refractivity (Wildman–Crippen MR) is 83.6 cm³/mol. The second-order valence-electron chi connectivity index (χ2n) is 5.37. The highest BCUT2D eigenvalue weighted by atomic mass is 16.5. The summed E-state index contributed by atoms with van der Waals surface area (Å²) in [7, 11) is 1.43. The summed E-state index contributed by atoms with van der Waals surface area (Å²) in [6.07, 6.45) is 15.3. The zero-order valence-corrected chi connectivity index (χ0v) is 13.3. The molecule has 1 atom stereocenters. The van der Waals surface area contributed by atoms with Gasteiger partial charge in [-0.2, -0.15) is 0 Å². The Morgan fingerprint density at radius 1 is 1.10 bits per heavy atom. The third-order valence-corrected chi connectivity index (χ3v) is 3.44. The van der Waals surface area contributed by atoms with Crippen molar-refractivity contribution >= 4 is 5.97 Å². The van der Waals surface area contributed by atoms with Crippen molar-refractivity contribution in [1.29, 1.82) is 0 Å². The topological polar surface area (TPSA) is 46.5 Å². The molecule has 0 radical (unpaired) electrons. The second kappa shape index (κ2) is 14.6. The third-order valence-electron chi connectivity index (χ3n) is 3.44. The van der Waals surface area contributed by atoms with Crippen LogP contribution in [0.4, 0.5) is 0 Å². The smallest absolute Gasteiger partial charge is 0.305 e. The maximum atomic E-state index is 10.9. The molecule has 0 spiro atoms. The van der Waals surface area contributed by atoms with Crippen LogP contribution in [0.2, 0.25) is 0 Å². The van der Waals surface area contributed by atoms with E-state index in [1.165, 1.54) is 32.8 Å². The molecule has 0 heterocycles. The maximum Gasteiger partial charge on any atom is 0.305 e. The van der Waals surface area contributed by atoms with Gasteiger partial charge in [-0.05, 0) is 19.3 Å². The van der Waals surface area contributed by atoms with E-state index in [1.54, 1.807) is 0 Å². The summed E-state index contributed by atoms with van der Waals surface area (Å²) in [5.74, 6) is -0.108. The van der Waals surface area contributed by atoms with E-state index in [4.69, 9.17) is 0 Å². The van der Waals surface area contributed by atoms with Crippen LogP contribution in [-0.2, 0) is 9.53 Å². The van der Waals surface area contributed by atoms with Gasteiger partial charge in [0.2, 0.25) is 0 Å². The van der Waals surface area contributed by atoms with E-state index in [9.17, 15) is 9.90 Å². The van der Waals surface area contributed by atoms with Crippen molar-refractivity contribution in [2.24, 2.45) is 0 Å². The van der Waals surface area contributed by atoms with Crippen LogP contribution in [-0.4, -0.2) is 24.3 Å². The van der Waals surface area contributed by atoms with Crippen molar-refractivity contribution in [2.75, 3.05) is 7.11 Å². The fourth-order valence-corrected chi connectivity index (χ4v) is 2.10. The lowest BCUT2D eigenvalue weighted by molar-refractivity contribution is -0.140. The first-order valence-electron chi connectivity index (χ1n) is 8.12. The first-order chi connectivity index (χ1) is 9.70. The van der Waals surface area contributed by atoms with E-state index in [2.05, 4.69) is 17.7 Å². The number of carbonyl (C=O) groups is 1. The van der Waals surface area contributed by atoms with Gasteiger partial charge < -0.3 is 9.84 Å². The van der Waals surface area contributed by atoms with Crippen LogP contribution in [0.5, 0.6) is 0 Å². The summed E-state index contributed by atoms with van der Waals surface area (Å²) in [4.78, 5) is 10.9. The lowest BCUT2D eigenvalue weighted by Gasteiger charge is -2.05. The summed E-state index contributed by atoms with van der Waals surface area (Å²) in [5, 5.41) is 9.74. The van der Waals surface area contributed by atoms with Gasteiger partial charge in [0.05, 0.1) is 13.2 Å². The Morgan fingerprint density at radius 3 is 2.40 bits per heavy atom. The Balaban J connectivity index is 3.26. The van der Waals surface area contributed by atoms with Crippen LogP contribution < -0.4 is 0 Å². The summed E-state index contributed by atoms with van der Waals surface area (Å²) < 4.78 is 4.60. The number of hydrogen-bond donors (Lipinski definition) is 1. The van der Waals surface area contributed by atoms with Gasteiger partial charge in [-0.25, -0.2) is 0 Å². The van der Waals surface area contributed by atoms with Gasteiger partial charge in [0.15, 0.2) is 0 Å². The van der Waals surface area contributed by atoms with Gasteiger partial charge in [-0.3, -0.25) is 4.79 Å². The van der Waals surface area contributed by atoms with E-state index in [-0.39, 0.29) is 12.1 Å². The molecule has 3 nitrogen and oxygen atoms in total. The van der Waals surface area contributed by atoms with Crippen molar-refractivity contribution in [1.82, 2.24) is 0 Å².